The monoisotopic (exact) mass is 263 g/mol. The van der Waals surface area contributed by atoms with Gasteiger partial charge in [0.2, 0.25) is 0 Å². The quantitative estimate of drug-likeness (QED) is 0.854. The molecule has 4 nitrogen and oxygen atoms in total. The third-order valence-electron chi connectivity index (χ3n) is 4.47. The standard InChI is InChI=1S/C14H18FN3O/c15-10-3-1-8-17-11(10)12(19)18-14-5-2-4-13(16,9-14)6-7-14/h1,3,8H,2,4-7,9,16H2,(H,18,19)/t13-,14+/m1/s1. The van der Waals surface area contributed by atoms with Gasteiger partial charge in [-0.25, -0.2) is 9.37 Å². The van der Waals surface area contributed by atoms with Crippen molar-refractivity contribution in [2.24, 2.45) is 5.73 Å². The van der Waals surface area contributed by atoms with Crippen molar-refractivity contribution in [1.82, 2.24) is 10.3 Å². The molecule has 2 fully saturated rings. The van der Waals surface area contributed by atoms with Crippen LogP contribution in [0.1, 0.15) is 49.0 Å². The van der Waals surface area contributed by atoms with Gasteiger partial charge in [-0.2, -0.15) is 0 Å². The fraction of sp³-hybridized carbons (Fsp3) is 0.571. The summed E-state index contributed by atoms with van der Waals surface area (Å²) in [6, 6.07) is 2.73. The minimum Gasteiger partial charge on any atom is -0.345 e. The summed E-state index contributed by atoms with van der Waals surface area (Å²) in [6.45, 7) is 0. The molecular formula is C14H18FN3O. The molecule has 1 heterocycles. The maximum atomic E-state index is 13.6. The van der Waals surface area contributed by atoms with E-state index in [1.165, 1.54) is 18.3 Å². The summed E-state index contributed by atoms with van der Waals surface area (Å²) in [6.07, 6.45) is 6.98. The van der Waals surface area contributed by atoms with E-state index in [0.717, 1.165) is 38.5 Å². The van der Waals surface area contributed by atoms with Crippen LogP contribution in [-0.2, 0) is 0 Å². The largest absolute Gasteiger partial charge is 0.345 e. The second kappa shape index (κ2) is 4.27. The number of hydrogen-bond donors (Lipinski definition) is 2. The lowest BCUT2D eigenvalue weighted by atomic mass is 9.79. The Labute approximate surface area is 111 Å². The second-order valence-electron chi connectivity index (χ2n) is 5.96. The van der Waals surface area contributed by atoms with Gasteiger partial charge in [-0.05, 0) is 50.7 Å². The highest BCUT2D eigenvalue weighted by Crippen LogP contribution is 2.46. The van der Waals surface area contributed by atoms with E-state index in [1.54, 1.807) is 0 Å². The van der Waals surface area contributed by atoms with Crippen LogP contribution in [-0.4, -0.2) is 22.0 Å². The van der Waals surface area contributed by atoms with Crippen molar-refractivity contribution in [3.8, 4) is 0 Å². The molecule has 2 bridgehead atoms. The van der Waals surface area contributed by atoms with Crippen molar-refractivity contribution in [1.29, 1.82) is 0 Å². The summed E-state index contributed by atoms with van der Waals surface area (Å²) >= 11 is 0. The molecule has 19 heavy (non-hydrogen) atoms. The highest BCUT2D eigenvalue weighted by atomic mass is 19.1. The first kappa shape index (κ1) is 12.5. The van der Waals surface area contributed by atoms with Crippen molar-refractivity contribution in [2.75, 3.05) is 0 Å². The highest BCUT2D eigenvalue weighted by molar-refractivity contribution is 5.93. The first-order valence-electron chi connectivity index (χ1n) is 6.74. The SMILES string of the molecule is N[C@]12CCC[C@](NC(=O)c3ncccc3F)(CC1)C2. The lowest BCUT2D eigenvalue weighted by Gasteiger charge is -2.37. The molecule has 2 aliphatic carbocycles. The Balaban J connectivity index is 1.79. The Bertz CT molecular complexity index is 521. The molecule has 3 rings (SSSR count). The molecule has 0 spiro atoms. The number of nitrogens with zero attached hydrogens (tertiary/aromatic N) is 1. The second-order valence-corrected chi connectivity index (χ2v) is 5.96. The number of nitrogens with two attached hydrogens (primary N) is 1. The van der Waals surface area contributed by atoms with Crippen molar-refractivity contribution >= 4 is 5.91 Å². The maximum absolute atomic E-state index is 13.6. The van der Waals surface area contributed by atoms with Crippen LogP contribution in [0.4, 0.5) is 4.39 Å². The van der Waals surface area contributed by atoms with Crippen LogP contribution in [0.25, 0.3) is 0 Å². The number of hydrogen-bond acceptors (Lipinski definition) is 3. The van der Waals surface area contributed by atoms with Gasteiger partial charge in [-0.15, -0.1) is 0 Å². The van der Waals surface area contributed by atoms with Gasteiger partial charge in [0.1, 0.15) is 0 Å². The number of carbonyl (C=O) groups excluding carboxylic acids is 1. The lowest BCUT2D eigenvalue weighted by Crippen LogP contribution is -2.52. The number of nitrogens with one attached hydrogen (secondary N) is 1. The van der Waals surface area contributed by atoms with Crippen LogP contribution >= 0.6 is 0 Å². The molecule has 2 aliphatic rings. The Morgan fingerprint density at radius 3 is 3.00 bits per heavy atom. The number of fused-ring (bicyclic) bond motifs is 2. The van der Waals surface area contributed by atoms with E-state index in [2.05, 4.69) is 10.3 Å². The zero-order valence-corrected chi connectivity index (χ0v) is 10.8. The fourth-order valence-electron chi connectivity index (χ4n) is 3.57. The first-order chi connectivity index (χ1) is 9.02. The van der Waals surface area contributed by atoms with Crippen molar-refractivity contribution < 1.29 is 9.18 Å². The molecule has 1 aromatic heterocycles. The van der Waals surface area contributed by atoms with Crippen LogP contribution in [0.3, 0.4) is 0 Å². The molecular weight excluding hydrogens is 245 g/mol. The molecule has 102 valence electrons. The fourth-order valence-corrected chi connectivity index (χ4v) is 3.57. The summed E-state index contributed by atoms with van der Waals surface area (Å²) in [5, 5.41) is 2.98. The Hall–Kier alpha value is -1.49. The van der Waals surface area contributed by atoms with Gasteiger partial charge in [-0.1, -0.05) is 0 Å². The van der Waals surface area contributed by atoms with Gasteiger partial charge in [-0.3, -0.25) is 4.79 Å². The van der Waals surface area contributed by atoms with Crippen LogP contribution in [0, 0.1) is 5.82 Å². The Kier molecular flexibility index (Phi) is 2.82. The zero-order chi connectivity index (χ0) is 13.5. The van der Waals surface area contributed by atoms with Gasteiger partial charge < -0.3 is 11.1 Å². The Morgan fingerprint density at radius 1 is 1.37 bits per heavy atom. The average molecular weight is 263 g/mol. The molecule has 2 atom stereocenters. The molecule has 0 saturated heterocycles. The van der Waals surface area contributed by atoms with Gasteiger partial charge in [0, 0.05) is 17.3 Å². The van der Waals surface area contributed by atoms with E-state index >= 15 is 0 Å². The zero-order valence-electron chi connectivity index (χ0n) is 10.8. The molecule has 3 N–H and O–H groups in total. The van der Waals surface area contributed by atoms with Gasteiger partial charge in [0.15, 0.2) is 11.5 Å². The van der Waals surface area contributed by atoms with Crippen molar-refractivity contribution in [2.45, 2.75) is 49.6 Å². The summed E-state index contributed by atoms with van der Waals surface area (Å²) in [4.78, 5) is 16.0. The maximum Gasteiger partial charge on any atom is 0.273 e. The van der Waals surface area contributed by atoms with Crippen LogP contribution < -0.4 is 11.1 Å². The van der Waals surface area contributed by atoms with E-state index in [4.69, 9.17) is 5.73 Å². The van der Waals surface area contributed by atoms with Crippen LogP contribution in [0.15, 0.2) is 18.3 Å². The number of halogens is 1. The highest BCUT2D eigenvalue weighted by Gasteiger charge is 2.49. The summed E-state index contributed by atoms with van der Waals surface area (Å²) in [7, 11) is 0. The van der Waals surface area contributed by atoms with Crippen LogP contribution in [0.2, 0.25) is 0 Å². The van der Waals surface area contributed by atoms with E-state index in [0.29, 0.717) is 0 Å². The number of amides is 1. The lowest BCUT2D eigenvalue weighted by molar-refractivity contribution is 0.0867. The summed E-state index contributed by atoms with van der Waals surface area (Å²) in [5.74, 6) is -1.01. The van der Waals surface area contributed by atoms with Crippen LogP contribution in [0.5, 0.6) is 0 Å². The third-order valence-corrected chi connectivity index (χ3v) is 4.47. The number of aromatic nitrogens is 1. The molecule has 0 aliphatic heterocycles. The number of rotatable bonds is 2. The number of carbonyl (C=O) groups is 1. The van der Waals surface area contributed by atoms with Crippen molar-refractivity contribution in [3.05, 3.63) is 29.8 Å². The molecule has 1 aromatic rings. The molecule has 2 saturated carbocycles. The summed E-state index contributed by atoms with van der Waals surface area (Å²) in [5.41, 5.74) is 5.76. The normalized spacial score (nSPS) is 33.2. The summed E-state index contributed by atoms with van der Waals surface area (Å²) < 4.78 is 13.6. The van der Waals surface area contributed by atoms with Gasteiger partial charge in [0.05, 0.1) is 0 Å². The topological polar surface area (TPSA) is 68.0 Å². The number of pyridine rings is 1. The Morgan fingerprint density at radius 2 is 2.21 bits per heavy atom. The molecule has 0 aromatic carbocycles. The average Bonchev–Trinajstić information content (AvgIpc) is 2.59. The van der Waals surface area contributed by atoms with E-state index in [1.807, 2.05) is 0 Å². The predicted octanol–water partition coefficient (Wildman–Crippen LogP) is 1.75. The molecule has 0 radical (unpaired) electrons. The van der Waals surface area contributed by atoms with Gasteiger partial charge >= 0.3 is 0 Å². The minimum absolute atomic E-state index is 0.128. The van der Waals surface area contributed by atoms with E-state index in [9.17, 15) is 9.18 Å². The smallest absolute Gasteiger partial charge is 0.273 e. The van der Waals surface area contributed by atoms with E-state index < -0.39 is 11.7 Å². The molecule has 1 amide bonds. The minimum atomic E-state index is -0.579. The third kappa shape index (κ3) is 2.23. The molecule has 0 unspecified atom stereocenters. The van der Waals surface area contributed by atoms with Gasteiger partial charge in [0.25, 0.3) is 5.91 Å². The first-order valence-corrected chi connectivity index (χ1v) is 6.74. The predicted molar refractivity (Wildman–Crippen MR) is 69.0 cm³/mol. The van der Waals surface area contributed by atoms with E-state index in [-0.39, 0.29) is 16.8 Å². The molecule has 5 heteroatoms. The van der Waals surface area contributed by atoms with Crippen molar-refractivity contribution in [3.63, 3.8) is 0 Å².